The number of rotatable bonds is 7. The Morgan fingerprint density at radius 1 is 1.14 bits per heavy atom. The highest BCUT2D eigenvalue weighted by molar-refractivity contribution is 5.25. The average Bonchev–Trinajstić information content (AvgIpc) is 2.51. The predicted molar refractivity (Wildman–Crippen MR) is 87.1 cm³/mol. The van der Waals surface area contributed by atoms with Crippen molar-refractivity contribution in [1.29, 1.82) is 0 Å². The molecule has 0 spiro atoms. The van der Waals surface area contributed by atoms with Crippen molar-refractivity contribution in [2.75, 3.05) is 0 Å². The van der Waals surface area contributed by atoms with Gasteiger partial charge in [-0.3, -0.25) is 0 Å². The first kappa shape index (κ1) is 15.6. The van der Waals surface area contributed by atoms with Gasteiger partial charge in [0.1, 0.15) is 5.82 Å². The zero-order valence-corrected chi connectivity index (χ0v) is 13.3. The summed E-state index contributed by atoms with van der Waals surface area (Å²) >= 11 is 0. The van der Waals surface area contributed by atoms with Gasteiger partial charge in [0.15, 0.2) is 0 Å². The maximum Gasteiger partial charge on any atom is 0.125 e. The third-order valence-electron chi connectivity index (χ3n) is 3.72. The zero-order chi connectivity index (χ0) is 15.1. The minimum atomic E-state index is 0.320. The highest BCUT2D eigenvalue weighted by Crippen LogP contribution is 2.15. The van der Waals surface area contributed by atoms with E-state index in [1.807, 2.05) is 19.2 Å². The molecule has 1 aromatic heterocycles. The van der Waals surface area contributed by atoms with Crippen LogP contribution < -0.4 is 5.32 Å². The van der Waals surface area contributed by atoms with Crippen molar-refractivity contribution in [2.45, 2.75) is 52.6 Å². The Morgan fingerprint density at radius 3 is 2.57 bits per heavy atom. The molecule has 3 heteroatoms. The van der Waals surface area contributed by atoms with E-state index in [1.165, 1.54) is 30.4 Å². The fourth-order valence-corrected chi connectivity index (χ4v) is 2.33. The van der Waals surface area contributed by atoms with E-state index in [4.69, 9.17) is 0 Å². The molecule has 1 unspecified atom stereocenters. The Hall–Kier alpha value is -1.74. The molecule has 2 aromatic rings. The van der Waals surface area contributed by atoms with Crippen LogP contribution in [-0.4, -0.2) is 9.97 Å². The van der Waals surface area contributed by atoms with Gasteiger partial charge in [0.05, 0.1) is 5.69 Å². The molecule has 0 fully saturated rings. The van der Waals surface area contributed by atoms with Gasteiger partial charge < -0.3 is 5.32 Å². The van der Waals surface area contributed by atoms with Crippen molar-refractivity contribution >= 4 is 0 Å². The third-order valence-corrected chi connectivity index (χ3v) is 3.72. The third kappa shape index (κ3) is 4.94. The van der Waals surface area contributed by atoms with Gasteiger partial charge in [-0.25, -0.2) is 9.97 Å². The first-order valence-electron chi connectivity index (χ1n) is 7.79. The van der Waals surface area contributed by atoms with Gasteiger partial charge in [0.2, 0.25) is 0 Å². The molecule has 1 N–H and O–H groups in total. The minimum absolute atomic E-state index is 0.320. The quantitative estimate of drug-likeness (QED) is 0.835. The van der Waals surface area contributed by atoms with Crippen LogP contribution in [-0.2, 0) is 13.0 Å². The topological polar surface area (TPSA) is 37.8 Å². The summed E-state index contributed by atoms with van der Waals surface area (Å²) < 4.78 is 0. The van der Waals surface area contributed by atoms with Crippen molar-refractivity contribution < 1.29 is 0 Å². The number of unbranched alkanes of at least 4 members (excludes halogenated alkanes) is 1. The first-order valence-corrected chi connectivity index (χ1v) is 7.79. The van der Waals surface area contributed by atoms with E-state index in [-0.39, 0.29) is 0 Å². The Bertz CT molecular complexity index is 549. The molecule has 0 aliphatic rings. The van der Waals surface area contributed by atoms with Gasteiger partial charge in [-0.15, -0.1) is 0 Å². The molecular weight excluding hydrogens is 258 g/mol. The summed E-state index contributed by atoms with van der Waals surface area (Å²) in [5, 5.41) is 3.51. The number of benzene rings is 1. The van der Waals surface area contributed by atoms with E-state index in [9.17, 15) is 0 Å². The lowest BCUT2D eigenvalue weighted by Crippen LogP contribution is -2.19. The molecular formula is C18H25N3. The largest absolute Gasteiger partial charge is 0.305 e. The standard InChI is InChI=1S/C18H25N3/c1-4-5-6-16-7-9-17(10-8-16)14(2)20-13-18-11-12-19-15(3)21-18/h7-12,14,20H,4-6,13H2,1-3H3. The summed E-state index contributed by atoms with van der Waals surface area (Å²) in [4.78, 5) is 8.53. The van der Waals surface area contributed by atoms with Gasteiger partial charge >= 0.3 is 0 Å². The van der Waals surface area contributed by atoms with Crippen LogP contribution in [0.25, 0.3) is 0 Å². The van der Waals surface area contributed by atoms with Crippen LogP contribution in [0.5, 0.6) is 0 Å². The van der Waals surface area contributed by atoms with Crippen LogP contribution in [0.1, 0.15) is 55.4 Å². The molecule has 1 heterocycles. The number of nitrogens with one attached hydrogen (secondary N) is 1. The molecule has 2 rings (SSSR count). The van der Waals surface area contributed by atoms with Crippen molar-refractivity contribution in [1.82, 2.24) is 15.3 Å². The second-order valence-electron chi connectivity index (χ2n) is 5.54. The summed E-state index contributed by atoms with van der Waals surface area (Å²) in [7, 11) is 0. The molecule has 0 bridgehead atoms. The van der Waals surface area contributed by atoms with Crippen molar-refractivity contribution in [3.05, 3.63) is 59.2 Å². The minimum Gasteiger partial charge on any atom is -0.305 e. The van der Waals surface area contributed by atoms with Crippen LogP contribution in [0.4, 0.5) is 0 Å². The second-order valence-corrected chi connectivity index (χ2v) is 5.54. The Morgan fingerprint density at radius 2 is 1.90 bits per heavy atom. The van der Waals surface area contributed by atoms with Crippen LogP contribution in [0.15, 0.2) is 36.5 Å². The van der Waals surface area contributed by atoms with E-state index in [0.29, 0.717) is 6.04 Å². The number of aryl methyl sites for hydroxylation is 2. The molecule has 0 aliphatic carbocycles. The van der Waals surface area contributed by atoms with E-state index in [0.717, 1.165) is 18.1 Å². The van der Waals surface area contributed by atoms with Gasteiger partial charge in [0, 0.05) is 18.8 Å². The van der Waals surface area contributed by atoms with Crippen molar-refractivity contribution in [2.24, 2.45) is 0 Å². The maximum atomic E-state index is 4.41. The molecule has 1 aromatic carbocycles. The van der Waals surface area contributed by atoms with Crippen molar-refractivity contribution in [3.63, 3.8) is 0 Å². The highest BCUT2D eigenvalue weighted by atomic mass is 14.9. The lowest BCUT2D eigenvalue weighted by Gasteiger charge is -2.14. The monoisotopic (exact) mass is 283 g/mol. The average molecular weight is 283 g/mol. The van der Waals surface area contributed by atoms with E-state index in [1.54, 1.807) is 0 Å². The number of nitrogens with zero attached hydrogens (tertiary/aromatic N) is 2. The van der Waals surface area contributed by atoms with Crippen LogP contribution >= 0.6 is 0 Å². The highest BCUT2D eigenvalue weighted by Gasteiger charge is 2.05. The van der Waals surface area contributed by atoms with Crippen molar-refractivity contribution in [3.8, 4) is 0 Å². The summed E-state index contributed by atoms with van der Waals surface area (Å²) in [5.74, 6) is 0.822. The predicted octanol–water partition coefficient (Wildman–Crippen LogP) is 3.98. The molecule has 21 heavy (non-hydrogen) atoms. The smallest absolute Gasteiger partial charge is 0.125 e. The first-order chi connectivity index (χ1) is 10.2. The summed E-state index contributed by atoms with van der Waals surface area (Å²) in [6, 6.07) is 11.2. The van der Waals surface area contributed by atoms with Crippen LogP contribution in [0, 0.1) is 6.92 Å². The van der Waals surface area contributed by atoms with E-state index >= 15 is 0 Å². The Labute approximate surface area is 127 Å². The summed E-state index contributed by atoms with van der Waals surface area (Å²) in [6.07, 6.45) is 5.50. The molecule has 0 saturated carbocycles. The molecule has 3 nitrogen and oxygen atoms in total. The molecule has 0 saturated heterocycles. The normalized spacial score (nSPS) is 12.3. The SMILES string of the molecule is CCCCc1ccc(C(C)NCc2ccnc(C)n2)cc1. The fourth-order valence-electron chi connectivity index (χ4n) is 2.33. The summed E-state index contributed by atoms with van der Waals surface area (Å²) in [6.45, 7) is 7.11. The van der Waals surface area contributed by atoms with E-state index in [2.05, 4.69) is 53.4 Å². The lowest BCUT2D eigenvalue weighted by molar-refractivity contribution is 0.566. The zero-order valence-electron chi connectivity index (χ0n) is 13.3. The van der Waals surface area contributed by atoms with Crippen LogP contribution in [0.3, 0.4) is 0 Å². The Balaban J connectivity index is 1.89. The van der Waals surface area contributed by atoms with Gasteiger partial charge in [-0.2, -0.15) is 0 Å². The van der Waals surface area contributed by atoms with Gasteiger partial charge in [0.25, 0.3) is 0 Å². The lowest BCUT2D eigenvalue weighted by atomic mass is 10.0. The van der Waals surface area contributed by atoms with E-state index < -0.39 is 0 Å². The Kier molecular flexibility index (Phi) is 5.88. The molecule has 112 valence electrons. The maximum absolute atomic E-state index is 4.41. The molecule has 0 aliphatic heterocycles. The second kappa shape index (κ2) is 7.89. The number of hydrogen-bond donors (Lipinski definition) is 1. The van der Waals surface area contributed by atoms with Gasteiger partial charge in [-0.1, -0.05) is 37.6 Å². The molecule has 1 atom stereocenters. The van der Waals surface area contributed by atoms with Gasteiger partial charge in [-0.05, 0) is 43.9 Å². The summed E-state index contributed by atoms with van der Waals surface area (Å²) in [5.41, 5.74) is 3.79. The number of aromatic nitrogens is 2. The molecule has 0 amide bonds. The molecule has 0 radical (unpaired) electrons. The van der Waals surface area contributed by atoms with Crippen LogP contribution in [0.2, 0.25) is 0 Å². The number of hydrogen-bond acceptors (Lipinski definition) is 3. The fraction of sp³-hybridized carbons (Fsp3) is 0.444.